The first kappa shape index (κ1) is 15.9. The number of unbranched alkanes of at least 4 members (excludes halogenated alkanes) is 2. The van der Waals surface area contributed by atoms with Crippen LogP contribution in [0.2, 0.25) is 0 Å². The maximum atomic E-state index is 10.4. The first-order chi connectivity index (χ1) is 7.74. The number of nitrogens with zero attached hydrogens (tertiary/aromatic N) is 1. The van der Waals surface area contributed by atoms with Crippen molar-refractivity contribution >= 4 is 18.1 Å². The highest BCUT2D eigenvalue weighted by Crippen LogP contribution is 2.11. The molecule has 1 rings (SSSR count). The predicted molar refractivity (Wildman–Crippen MR) is 71.6 cm³/mol. The molecule has 0 saturated carbocycles. The Morgan fingerprint density at radius 2 is 1.88 bits per heavy atom. The van der Waals surface area contributed by atoms with Crippen molar-refractivity contribution in [2.45, 2.75) is 32.7 Å². The second kappa shape index (κ2) is 8.96. The van der Waals surface area contributed by atoms with Gasteiger partial charge in [0, 0.05) is 18.7 Å². The summed E-state index contributed by atoms with van der Waals surface area (Å²) in [4.78, 5) is 10.1. The lowest BCUT2D eigenvalue weighted by Crippen LogP contribution is -2.14. The zero-order valence-electron chi connectivity index (χ0n) is 10.0. The minimum Gasteiger partial charge on any atom is -0.313 e. The summed E-state index contributed by atoms with van der Waals surface area (Å²) in [6, 6.07) is 6.68. The number of nitrogens with one attached hydrogen (secondary N) is 1. The van der Waals surface area contributed by atoms with Gasteiger partial charge in [-0.15, -0.1) is 12.4 Å². The van der Waals surface area contributed by atoms with E-state index in [9.17, 15) is 10.1 Å². The molecule has 0 atom stereocenters. The Balaban J connectivity index is 0.00000256. The van der Waals surface area contributed by atoms with E-state index in [1.807, 2.05) is 0 Å². The minimum absolute atomic E-state index is 0. The molecule has 1 aromatic rings. The Morgan fingerprint density at radius 3 is 2.41 bits per heavy atom. The van der Waals surface area contributed by atoms with Gasteiger partial charge in [0.1, 0.15) is 0 Å². The van der Waals surface area contributed by atoms with Gasteiger partial charge in [0.05, 0.1) is 4.92 Å². The van der Waals surface area contributed by atoms with E-state index in [-0.39, 0.29) is 23.0 Å². The van der Waals surface area contributed by atoms with E-state index in [1.165, 1.54) is 19.3 Å². The molecule has 5 heteroatoms. The van der Waals surface area contributed by atoms with E-state index in [0.29, 0.717) is 0 Å². The summed E-state index contributed by atoms with van der Waals surface area (Å²) in [5.41, 5.74) is 1.23. The van der Waals surface area contributed by atoms with E-state index in [4.69, 9.17) is 0 Å². The number of nitro groups is 1. The second-order valence-electron chi connectivity index (χ2n) is 3.81. The predicted octanol–water partition coefficient (Wildman–Crippen LogP) is 3.30. The van der Waals surface area contributed by atoms with Gasteiger partial charge in [0.15, 0.2) is 0 Å². The fraction of sp³-hybridized carbons (Fsp3) is 0.500. The van der Waals surface area contributed by atoms with Crippen molar-refractivity contribution < 1.29 is 4.92 Å². The SMILES string of the molecule is CCCCCNCc1ccc([N+](=O)[O-])cc1.Cl. The van der Waals surface area contributed by atoms with Crippen LogP contribution in [0, 0.1) is 10.1 Å². The Labute approximate surface area is 108 Å². The van der Waals surface area contributed by atoms with Crippen molar-refractivity contribution in [3.8, 4) is 0 Å². The zero-order chi connectivity index (χ0) is 11.8. The highest BCUT2D eigenvalue weighted by molar-refractivity contribution is 5.85. The van der Waals surface area contributed by atoms with Crippen molar-refractivity contribution in [3.05, 3.63) is 39.9 Å². The normalized spacial score (nSPS) is 9.71. The van der Waals surface area contributed by atoms with Crippen LogP contribution in [-0.4, -0.2) is 11.5 Å². The molecule has 1 aromatic carbocycles. The number of hydrogen-bond donors (Lipinski definition) is 1. The maximum Gasteiger partial charge on any atom is 0.269 e. The summed E-state index contributed by atoms with van der Waals surface area (Å²) in [5.74, 6) is 0. The summed E-state index contributed by atoms with van der Waals surface area (Å²) < 4.78 is 0. The molecule has 0 saturated heterocycles. The highest BCUT2D eigenvalue weighted by atomic mass is 35.5. The molecule has 0 aliphatic carbocycles. The van der Waals surface area contributed by atoms with Gasteiger partial charge in [0.25, 0.3) is 5.69 Å². The lowest BCUT2D eigenvalue weighted by Gasteiger charge is -2.03. The van der Waals surface area contributed by atoms with Gasteiger partial charge in [-0.3, -0.25) is 10.1 Å². The number of non-ortho nitro benzene ring substituents is 1. The molecule has 0 radical (unpaired) electrons. The monoisotopic (exact) mass is 258 g/mol. The van der Waals surface area contributed by atoms with Crippen LogP contribution in [0.3, 0.4) is 0 Å². The largest absolute Gasteiger partial charge is 0.313 e. The molecule has 0 aliphatic rings. The van der Waals surface area contributed by atoms with E-state index in [1.54, 1.807) is 24.3 Å². The molecule has 96 valence electrons. The second-order valence-corrected chi connectivity index (χ2v) is 3.81. The quantitative estimate of drug-likeness (QED) is 0.464. The summed E-state index contributed by atoms with van der Waals surface area (Å²) in [6.07, 6.45) is 3.65. The molecule has 0 amide bonds. The van der Waals surface area contributed by atoms with Gasteiger partial charge in [-0.05, 0) is 18.5 Å². The average Bonchev–Trinajstić information content (AvgIpc) is 2.29. The van der Waals surface area contributed by atoms with Gasteiger partial charge < -0.3 is 5.32 Å². The molecule has 0 heterocycles. The Bertz CT molecular complexity index is 328. The zero-order valence-corrected chi connectivity index (χ0v) is 10.8. The molecular formula is C12H19ClN2O2. The van der Waals surface area contributed by atoms with Crippen LogP contribution < -0.4 is 5.32 Å². The molecule has 0 spiro atoms. The Kier molecular flexibility index (Phi) is 8.36. The molecule has 0 aliphatic heterocycles. The Hall–Kier alpha value is -1.13. The van der Waals surface area contributed by atoms with Crippen LogP contribution in [0.1, 0.15) is 31.7 Å². The summed E-state index contributed by atoms with van der Waals surface area (Å²) in [5, 5.41) is 13.7. The van der Waals surface area contributed by atoms with Gasteiger partial charge in [0.2, 0.25) is 0 Å². The molecule has 1 N–H and O–H groups in total. The van der Waals surface area contributed by atoms with Crippen molar-refractivity contribution in [3.63, 3.8) is 0 Å². The van der Waals surface area contributed by atoms with Crippen LogP contribution in [0.25, 0.3) is 0 Å². The lowest BCUT2D eigenvalue weighted by molar-refractivity contribution is -0.384. The Morgan fingerprint density at radius 1 is 1.24 bits per heavy atom. The first-order valence-electron chi connectivity index (χ1n) is 5.68. The topological polar surface area (TPSA) is 55.2 Å². The van der Waals surface area contributed by atoms with Crippen molar-refractivity contribution in [1.29, 1.82) is 0 Å². The fourth-order valence-electron chi connectivity index (χ4n) is 1.47. The van der Waals surface area contributed by atoms with E-state index in [2.05, 4.69) is 12.2 Å². The number of benzene rings is 1. The van der Waals surface area contributed by atoms with Crippen molar-refractivity contribution in [2.75, 3.05) is 6.54 Å². The van der Waals surface area contributed by atoms with Crippen LogP contribution >= 0.6 is 12.4 Å². The highest BCUT2D eigenvalue weighted by Gasteiger charge is 2.02. The smallest absolute Gasteiger partial charge is 0.269 e. The minimum atomic E-state index is -0.377. The van der Waals surface area contributed by atoms with Crippen LogP contribution in [0.15, 0.2) is 24.3 Å². The van der Waals surface area contributed by atoms with Gasteiger partial charge in [-0.2, -0.15) is 0 Å². The third kappa shape index (κ3) is 6.24. The maximum absolute atomic E-state index is 10.4. The number of rotatable bonds is 7. The molecule has 0 bridgehead atoms. The molecule has 17 heavy (non-hydrogen) atoms. The van der Waals surface area contributed by atoms with Gasteiger partial charge in [-0.25, -0.2) is 0 Å². The van der Waals surface area contributed by atoms with Gasteiger partial charge >= 0.3 is 0 Å². The summed E-state index contributed by atoms with van der Waals surface area (Å²) in [6.45, 7) is 3.96. The van der Waals surface area contributed by atoms with Crippen LogP contribution in [0.4, 0.5) is 5.69 Å². The average molecular weight is 259 g/mol. The number of halogens is 1. The van der Waals surface area contributed by atoms with Gasteiger partial charge in [-0.1, -0.05) is 31.9 Å². The molecule has 0 aromatic heterocycles. The molecule has 0 fully saturated rings. The third-order valence-electron chi connectivity index (χ3n) is 2.43. The first-order valence-corrected chi connectivity index (χ1v) is 5.68. The number of nitro benzene ring substituents is 1. The standard InChI is InChI=1S/C12H18N2O2.ClH/c1-2-3-4-9-13-10-11-5-7-12(8-6-11)14(15)16;/h5-8,13H,2-4,9-10H2,1H3;1H. The fourth-order valence-corrected chi connectivity index (χ4v) is 1.47. The summed E-state index contributed by atoms with van der Waals surface area (Å²) in [7, 11) is 0. The van der Waals surface area contributed by atoms with E-state index >= 15 is 0 Å². The lowest BCUT2D eigenvalue weighted by atomic mass is 10.2. The van der Waals surface area contributed by atoms with Crippen molar-refractivity contribution in [1.82, 2.24) is 5.32 Å². The van der Waals surface area contributed by atoms with Crippen LogP contribution in [-0.2, 0) is 6.54 Å². The molecule has 0 unspecified atom stereocenters. The number of hydrogen-bond acceptors (Lipinski definition) is 3. The third-order valence-corrected chi connectivity index (χ3v) is 2.43. The van der Waals surface area contributed by atoms with Crippen molar-refractivity contribution in [2.24, 2.45) is 0 Å². The van der Waals surface area contributed by atoms with E-state index in [0.717, 1.165) is 18.7 Å². The van der Waals surface area contributed by atoms with Crippen LogP contribution in [0.5, 0.6) is 0 Å². The molecular weight excluding hydrogens is 240 g/mol. The summed E-state index contributed by atoms with van der Waals surface area (Å²) >= 11 is 0. The van der Waals surface area contributed by atoms with E-state index < -0.39 is 0 Å². The molecule has 4 nitrogen and oxygen atoms in total.